The molecule has 4 rings (SSSR count). The average molecular weight is 433 g/mol. The molecule has 154 valence electrons. The Morgan fingerprint density at radius 1 is 1.31 bits per heavy atom. The minimum Gasteiger partial charge on any atom is -0.410 e. The first-order valence-corrected chi connectivity index (χ1v) is 11.4. The van der Waals surface area contributed by atoms with Crippen LogP contribution in [0.2, 0.25) is 0 Å². The third-order valence-electron chi connectivity index (χ3n) is 5.12. The fourth-order valence-corrected chi connectivity index (χ4v) is 5.14. The normalized spacial score (nSPS) is 16.6. The van der Waals surface area contributed by atoms with Gasteiger partial charge in [0, 0.05) is 30.1 Å². The van der Waals surface area contributed by atoms with Crippen molar-refractivity contribution < 1.29 is 13.9 Å². The molecule has 0 saturated carbocycles. The lowest BCUT2D eigenvalue weighted by molar-refractivity contribution is 0.0957. The van der Waals surface area contributed by atoms with E-state index in [0.29, 0.717) is 11.1 Å². The summed E-state index contributed by atoms with van der Waals surface area (Å²) in [6.45, 7) is 9.54. The fourth-order valence-electron chi connectivity index (χ4n) is 3.65. The number of thiazole rings is 1. The first kappa shape index (κ1) is 20.3. The van der Waals surface area contributed by atoms with Crippen LogP contribution in [0.15, 0.2) is 15.7 Å². The molecular weight excluding hydrogens is 408 g/mol. The maximum absolute atomic E-state index is 12.8. The molecule has 1 fully saturated rings. The molecule has 1 unspecified atom stereocenters. The Balaban J connectivity index is 1.42. The van der Waals surface area contributed by atoms with Crippen molar-refractivity contribution in [1.82, 2.24) is 19.7 Å². The van der Waals surface area contributed by atoms with E-state index in [1.807, 2.05) is 33.8 Å². The third kappa shape index (κ3) is 4.31. The Morgan fingerprint density at radius 3 is 2.83 bits per heavy atom. The van der Waals surface area contributed by atoms with Gasteiger partial charge in [0.2, 0.25) is 0 Å². The van der Waals surface area contributed by atoms with Crippen molar-refractivity contribution in [3.05, 3.63) is 33.7 Å². The summed E-state index contributed by atoms with van der Waals surface area (Å²) in [5.41, 5.74) is 3.71. The standard InChI is InChI=1S/C20H24N4O3S2/c1-11-8-16(13(3)24(11)9-15-6-5-7-26-15)17(25)10-28-20-23-22-19(27-20)18-12(2)21-14(4)29-18/h8,15H,5-7,9-10H2,1-4H3. The van der Waals surface area contributed by atoms with Gasteiger partial charge in [-0.05, 0) is 46.6 Å². The average Bonchev–Trinajstić information content (AvgIpc) is 3.45. The number of Topliss-reactive ketones (excluding diaryl/α,β-unsaturated/α-hetero) is 1. The molecule has 0 aliphatic carbocycles. The number of carbonyl (C=O) groups is 1. The first-order valence-electron chi connectivity index (χ1n) is 9.64. The van der Waals surface area contributed by atoms with Crippen molar-refractivity contribution in [2.24, 2.45) is 0 Å². The number of carbonyl (C=O) groups excluding carboxylic acids is 1. The molecule has 1 aliphatic rings. The van der Waals surface area contributed by atoms with Crippen molar-refractivity contribution in [2.45, 2.75) is 58.4 Å². The zero-order valence-electron chi connectivity index (χ0n) is 17.0. The summed E-state index contributed by atoms with van der Waals surface area (Å²) in [6, 6.07) is 1.97. The zero-order chi connectivity index (χ0) is 20.5. The minimum atomic E-state index is 0.0613. The second-order valence-corrected chi connectivity index (χ2v) is 9.39. The Morgan fingerprint density at radius 2 is 2.14 bits per heavy atom. The van der Waals surface area contributed by atoms with Crippen LogP contribution >= 0.6 is 23.1 Å². The Kier molecular flexibility index (Phi) is 5.89. The molecule has 1 atom stereocenters. The van der Waals surface area contributed by atoms with E-state index in [-0.39, 0.29) is 17.6 Å². The van der Waals surface area contributed by atoms with E-state index in [1.54, 1.807) is 0 Å². The second kappa shape index (κ2) is 8.41. The topological polar surface area (TPSA) is 83.0 Å². The molecule has 3 aromatic heterocycles. The molecule has 0 N–H and O–H groups in total. The SMILES string of the molecule is Cc1nc(C)c(-c2nnc(SCC(=O)c3cc(C)n(CC4CCCO4)c3C)o2)s1. The smallest absolute Gasteiger partial charge is 0.277 e. The van der Waals surface area contributed by atoms with E-state index in [4.69, 9.17) is 9.15 Å². The summed E-state index contributed by atoms with van der Waals surface area (Å²) in [5.74, 6) is 0.774. The third-order valence-corrected chi connectivity index (χ3v) is 6.99. The Labute approximate surface area is 177 Å². The lowest BCUT2D eigenvalue weighted by Gasteiger charge is -2.14. The van der Waals surface area contributed by atoms with Crippen LogP contribution in [0.5, 0.6) is 0 Å². The van der Waals surface area contributed by atoms with Gasteiger partial charge in [-0.1, -0.05) is 11.8 Å². The fraction of sp³-hybridized carbons (Fsp3) is 0.500. The lowest BCUT2D eigenvalue weighted by Crippen LogP contribution is -2.17. The van der Waals surface area contributed by atoms with Gasteiger partial charge < -0.3 is 13.7 Å². The van der Waals surface area contributed by atoms with Gasteiger partial charge in [-0.3, -0.25) is 4.79 Å². The quantitative estimate of drug-likeness (QED) is 0.405. The van der Waals surface area contributed by atoms with Crippen molar-refractivity contribution in [2.75, 3.05) is 12.4 Å². The van der Waals surface area contributed by atoms with E-state index >= 15 is 0 Å². The summed E-state index contributed by atoms with van der Waals surface area (Å²) in [5, 5.41) is 9.53. The van der Waals surface area contributed by atoms with E-state index in [1.165, 1.54) is 23.1 Å². The van der Waals surface area contributed by atoms with Crippen LogP contribution in [0.25, 0.3) is 10.8 Å². The molecule has 0 spiro atoms. The van der Waals surface area contributed by atoms with E-state index in [9.17, 15) is 4.79 Å². The molecule has 4 heterocycles. The van der Waals surface area contributed by atoms with Crippen molar-refractivity contribution >= 4 is 28.9 Å². The number of nitrogens with zero attached hydrogens (tertiary/aromatic N) is 4. The summed E-state index contributed by atoms with van der Waals surface area (Å²) in [4.78, 5) is 18.1. The monoisotopic (exact) mass is 432 g/mol. The minimum absolute atomic E-state index is 0.0613. The summed E-state index contributed by atoms with van der Waals surface area (Å²) >= 11 is 2.79. The van der Waals surface area contributed by atoms with Gasteiger partial charge in [0.15, 0.2) is 5.78 Å². The van der Waals surface area contributed by atoms with Gasteiger partial charge in [-0.15, -0.1) is 21.5 Å². The molecule has 0 aromatic carbocycles. The molecule has 0 amide bonds. The molecule has 1 aliphatic heterocycles. The number of ether oxygens (including phenoxy) is 1. The number of thioether (sulfide) groups is 1. The van der Waals surface area contributed by atoms with Crippen LogP contribution in [-0.4, -0.2) is 44.0 Å². The highest BCUT2D eigenvalue weighted by atomic mass is 32.2. The van der Waals surface area contributed by atoms with Gasteiger partial charge in [-0.2, -0.15) is 0 Å². The van der Waals surface area contributed by atoms with Crippen LogP contribution in [0.4, 0.5) is 0 Å². The largest absolute Gasteiger partial charge is 0.410 e. The highest BCUT2D eigenvalue weighted by molar-refractivity contribution is 7.99. The maximum atomic E-state index is 12.8. The number of aryl methyl sites for hydroxylation is 3. The molecule has 1 saturated heterocycles. The second-order valence-electron chi connectivity index (χ2n) is 7.26. The van der Waals surface area contributed by atoms with Crippen LogP contribution < -0.4 is 0 Å². The Hall–Kier alpha value is -1.97. The van der Waals surface area contributed by atoms with Gasteiger partial charge >= 0.3 is 0 Å². The van der Waals surface area contributed by atoms with Gasteiger partial charge in [0.1, 0.15) is 4.88 Å². The number of ketones is 1. The molecule has 29 heavy (non-hydrogen) atoms. The number of hydrogen-bond donors (Lipinski definition) is 0. The molecule has 9 heteroatoms. The number of rotatable bonds is 7. The van der Waals surface area contributed by atoms with Gasteiger partial charge in [0.25, 0.3) is 11.1 Å². The first-order chi connectivity index (χ1) is 13.9. The Bertz CT molecular complexity index is 1030. The molecule has 7 nitrogen and oxygen atoms in total. The van der Waals surface area contributed by atoms with E-state index in [0.717, 1.165) is 58.5 Å². The predicted octanol–water partition coefficient (Wildman–Crippen LogP) is 4.38. The van der Waals surface area contributed by atoms with Crippen LogP contribution in [0.1, 0.15) is 45.3 Å². The van der Waals surface area contributed by atoms with E-state index in [2.05, 4.69) is 19.7 Å². The summed E-state index contributed by atoms with van der Waals surface area (Å²) in [7, 11) is 0. The number of hydrogen-bond acceptors (Lipinski definition) is 8. The summed E-state index contributed by atoms with van der Waals surface area (Å²) in [6.07, 6.45) is 2.43. The van der Waals surface area contributed by atoms with E-state index < -0.39 is 0 Å². The van der Waals surface area contributed by atoms with Crippen LogP contribution in [0.3, 0.4) is 0 Å². The zero-order valence-corrected chi connectivity index (χ0v) is 18.7. The van der Waals surface area contributed by atoms with Crippen LogP contribution in [0, 0.1) is 27.7 Å². The molecule has 3 aromatic rings. The molecule has 0 radical (unpaired) electrons. The van der Waals surface area contributed by atoms with Crippen LogP contribution in [-0.2, 0) is 11.3 Å². The van der Waals surface area contributed by atoms with Gasteiger partial charge in [0.05, 0.1) is 22.6 Å². The molecule has 0 bridgehead atoms. The van der Waals surface area contributed by atoms with Crippen molar-refractivity contribution in [3.63, 3.8) is 0 Å². The lowest BCUT2D eigenvalue weighted by atomic mass is 10.2. The maximum Gasteiger partial charge on any atom is 0.277 e. The summed E-state index contributed by atoms with van der Waals surface area (Å²) < 4.78 is 13.7. The highest BCUT2D eigenvalue weighted by Crippen LogP contribution is 2.31. The highest BCUT2D eigenvalue weighted by Gasteiger charge is 2.22. The van der Waals surface area contributed by atoms with Gasteiger partial charge in [-0.25, -0.2) is 4.98 Å². The van der Waals surface area contributed by atoms with Crippen molar-refractivity contribution in [3.8, 4) is 10.8 Å². The predicted molar refractivity (Wildman–Crippen MR) is 113 cm³/mol. The number of aromatic nitrogens is 4. The molecular formula is C20H24N4O3S2. The van der Waals surface area contributed by atoms with Crippen molar-refractivity contribution in [1.29, 1.82) is 0 Å².